The second kappa shape index (κ2) is 7.54. The summed E-state index contributed by atoms with van der Waals surface area (Å²) in [5.74, 6) is 0.657. The average Bonchev–Trinajstić information content (AvgIpc) is 2.90. The van der Waals surface area contributed by atoms with Crippen molar-refractivity contribution in [2.24, 2.45) is 0 Å². The van der Waals surface area contributed by atoms with E-state index in [1.165, 1.54) is 0 Å². The molecule has 1 fully saturated rings. The van der Waals surface area contributed by atoms with Gasteiger partial charge in [0.05, 0.1) is 0 Å². The van der Waals surface area contributed by atoms with Gasteiger partial charge in [-0.3, -0.25) is 4.90 Å². The van der Waals surface area contributed by atoms with Crippen LogP contribution in [0.15, 0.2) is 60.4 Å². The van der Waals surface area contributed by atoms with Crippen molar-refractivity contribution in [2.75, 3.05) is 6.54 Å². The van der Waals surface area contributed by atoms with Crippen molar-refractivity contribution >= 4 is 23.8 Å². The molecule has 2 aromatic carbocycles. The lowest BCUT2D eigenvalue weighted by Crippen LogP contribution is -2.28. The van der Waals surface area contributed by atoms with E-state index in [0.29, 0.717) is 17.3 Å². The molecule has 0 N–H and O–H groups in total. The molecule has 1 unspecified atom stereocenters. The molecule has 3 nitrogen and oxygen atoms in total. The maximum Gasteiger partial charge on any atom is 0.415 e. The van der Waals surface area contributed by atoms with Crippen LogP contribution in [0.3, 0.4) is 0 Å². The number of cyclic esters (lactones) is 1. The summed E-state index contributed by atoms with van der Waals surface area (Å²) in [5.41, 5.74) is 2.01. The number of carbonyl (C=O) groups excluding carboxylic acids is 1. The van der Waals surface area contributed by atoms with E-state index in [2.05, 4.69) is 6.92 Å². The van der Waals surface area contributed by atoms with E-state index in [4.69, 9.17) is 16.3 Å². The number of carbonyl (C=O) groups is 1. The van der Waals surface area contributed by atoms with Crippen molar-refractivity contribution in [1.82, 2.24) is 4.90 Å². The lowest BCUT2D eigenvalue weighted by Gasteiger charge is -2.22. The summed E-state index contributed by atoms with van der Waals surface area (Å²) < 4.78 is 5.59. The molecule has 1 atom stereocenters. The van der Waals surface area contributed by atoms with E-state index in [0.717, 1.165) is 24.0 Å². The van der Waals surface area contributed by atoms with Gasteiger partial charge in [-0.2, -0.15) is 0 Å². The molecule has 0 aliphatic carbocycles. The first-order chi connectivity index (χ1) is 11.7. The zero-order valence-corrected chi connectivity index (χ0v) is 14.4. The highest BCUT2D eigenvalue weighted by Gasteiger charge is 2.38. The Kier molecular flexibility index (Phi) is 5.21. The van der Waals surface area contributed by atoms with Gasteiger partial charge in [0.1, 0.15) is 11.8 Å². The smallest absolute Gasteiger partial charge is 0.412 e. The van der Waals surface area contributed by atoms with E-state index < -0.39 is 0 Å². The summed E-state index contributed by atoms with van der Waals surface area (Å²) in [6, 6.07) is 17.3. The maximum absolute atomic E-state index is 12.4. The number of hydrogen-bond acceptors (Lipinski definition) is 2. The van der Waals surface area contributed by atoms with Crippen molar-refractivity contribution in [3.8, 4) is 0 Å². The third-order valence-electron chi connectivity index (χ3n) is 4.07. The zero-order valence-electron chi connectivity index (χ0n) is 13.6. The molecule has 3 rings (SSSR count). The van der Waals surface area contributed by atoms with Gasteiger partial charge in [-0.25, -0.2) is 4.79 Å². The highest BCUT2D eigenvalue weighted by atomic mass is 35.5. The molecule has 1 saturated heterocycles. The minimum absolute atomic E-state index is 0.207. The number of benzene rings is 2. The molecule has 0 bridgehead atoms. The second-order valence-corrected chi connectivity index (χ2v) is 6.26. The summed E-state index contributed by atoms with van der Waals surface area (Å²) in [6.45, 7) is 2.79. The number of halogens is 1. The summed E-state index contributed by atoms with van der Waals surface area (Å²) in [6.07, 6.45) is 3.61. The third kappa shape index (κ3) is 3.62. The van der Waals surface area contributed by atoms with Crippen LogP contribution in [0.5, 0.6) is 0 Å². The number of rotatable bonds is 5. The predicted octanol–water partition coefficient (Wildman–Crippen LogP) is 5.67. The summed E-state index contributed by atoms with van der Waals surface area (Å²) in [4.78, 5) is 14.2. The fourth-order valence-corrected chi connectivity index (χ4v) is 2.96. The molecular weight excluding hydrogens is 322 g/mol. The number of unbranched alkanes of at least 4 members (excludes halogenated alkanes) is 1. The first kappa shape index (κ1) is 16.6. The Balaban J connectivity index is 1.98. The van der Waals surface area contributed by atoms with Crippen molar-refractivity contribution in [3.05, 3.63) is 76.5 Å². The Morgan fingerprint density at radius 2 is 1.83 bits per heavy atom. The minimum Gasteiger partial charge on any atom is -0.412 e. The lowest BCUT2D eigenvalue weighted by molar-refractivity contribution is 0.164. The molecule has 0 spiro atoms. The molecule has 1 heterocycles. The van der Waals surface area contributed by atoms with Gasteiger partial charge < -0.3 is 4.74 Å². The standard InChI is InChI=1S/C20H20ClNO2/c1-2-3-13-22-19(16-9-11-17(21)12-10-16)18(24-20(22)23)14-15-7-5-4-6-8-15/h4-12,14,19H,2-3,13H2,1H3. The van der Waals surface area contributed by atoms with Gasteiger partial charge in [0, 0.05) is 11.6 Å². The van der Waals surface area contributed by atoms with Gasteiger partial charge in [-0.1, -0.05) is 67.4 Å². The van der Waals surface area contributed by atoms with Crippen molar-refractivity contribution < 1.29 is 9.53 Å². The molecule has 2 aromatic rings. The lowest BCUT2D eigenvalue weighted by atomic mass is 10.0. The van der Waals surface area contributed by atoms with E-state index in [1.54, 1.807) is 4.90 Å². The molecule has 0 saturated carbocycles. The first-order valence-corrected chi connectivity index (χ1v) is 8.57. The highest BCUT2D eigenvalue weighted by Crippen LogP contribution is 2.37. The van der Waals surface area contributed by atoms with Crippen LogP contribution in [0.25, 0.3) is 6.08 Å². The Morgan fingerprint density at radius 3 is 2.50 bits per heavy atom. The topological polar surface area (TPSA) is 29.5 Å². The Morgan fingerprint density at radius 1 is 1.12 bits per heavy atom. The van der Waals surface area contributed by atoms with Crippen molar-refractivity contribution in [3.63, 3.8) is 0 Å². The number of nitrogens with zero attached hydrogens (tertiary/aromatic N) is 1. The molecular formula is C20H20ClNO2. The van der Waals surface area contributed by atoms with Crippen LogP contribution in [0.4, 0.5) is 4.79 Å². The summed E-state index contributed by atoms with van der Waals surface area (Å²) >= 11 is 6.01. The highest BCUT2D eigenvalue weighted by molar-refractivity contribution is 6.30. The minimum atomic E-state index is -0.286. The molecule has 1 aliphatic heterocycles. The molecule has 0 radical (unpaired) electrons. The predicted molar refractivity (Wildman–Crippen MR) is 96.7 cm³/mol. The van der Waals surface area contributed by atoms with Crippen LogP contribution in [0.2, 0.25) is 5.02 Å². The normalized spacial score (nSPS) is 18.9. The average molecular weight is 342 g/mol. The number of amides is 1. The molecule has 124 valence electrons. The van der Waals surface area contributed by atoms with Gasteiger partial charge in [0.25, 0.3) is 0 Å². The SMILES string of the molecule is CCCCN1C(=O)OC(=Cc2ccccc2)C1c1ccc(Cl)cc1. The van der Waals surface area contributed by atoms with Gasteiger partial charge in [-0.05, 0) is 35.8 Å². The van der Waals surface area contributed by atoms with Gasteiger partial charge in [0.15, 0.2) is 0 Å². The van der Waals surface area contributed by atoms with E-state index in [1.807, 2.05) is 60.7 Å². The monoisotopic (exact) mass is 341 g/mol. The van der Waals surface area contributed by atoms with Crippen LogP contribution < -0.4 is 0 Å². The summed E-state index contributed by atoms with van der Waals surface area (Å²) in [7, 11) is 0. The van der Waals surface area contributed by atoms with Crippen LogP contribution in [-0.4, -0.2) is 17.5 Å². The molecule has 4 heteroatoms. The molecule has 1 amide bonds. The number of ether oxygens (including phenoxy) is 1. The van der Waals surface area contributed by atoms with Crippen LogP contribution in [0.1, 0.15) is 36.9 Å². The number of hydrogen-bond donors (Lipinski definition) is 0. The largest absolute Gasteiger partial charge is 0.415 e. The van der Waals surface area contributed by atoms with Gasteiger partial charge >= 0.3 is 6.09 Å². The fourth-order valence-electron chi connectivity index (χ4n) is 2.83. The van der Waals surface area contributed by atoms with E-state index in [-0.39, 0.29) is 12.1 Å². The van der Waals surface area contributed by atoms with Crippen molar-refractivity contribution in [2.45, 2.75) is 25.8 Å². The Bertz CT molecular complexity index is 725. The fraction of sp³-hybridized carbons (Fsp3) is 0.250. The van der Waals surface area contributed by atoms with E-state index in [9.17, 15) is 4.79 Å². The van der Waals surface area contributed by atoms with Gasteiger partial charge in [-0.15, -0.1) is 0 Å². The van der Waals surface area contributed by atoms with Crippen LogP contribution >= 0.6 is 11.6 Å². The van der Waals surface area contributed by atoms with Crippen molar-refractivity contribution in [1.29, 1.82) is 0 Å². The van der Waals surface area contributed by atoms with Crippen LogP contribution in [-0.2, 0) is 4.74 Å². The van der Waals surface area contributed by atoms with Crippen LogP contribution in [0, 0.1) is 0 Å². The summed E-state index contributed by atoms with van der Waals surface area (Å²) in [5, 5.41) is 0.678. The maximum atomic E-state index is 12.4. The third-order valence-corrected chi connectivity index (χ3v) is 4.32. The molecule has 1 aliphatic rings. The Labute approximate surface area is 147 Å². The first-order valence-electron chi connectivity index (χ1n) is 8.19. The Hall–Kier alpha value is -2.26. The molecule has 0 aromatic heterocycles. The zero-order chi connectivity index (χ0) is 16.9. The van der Waals surface area contributed by atoms with E-state index >= 15 is 0 Å². The molecule has 24 heavy (non-hydrogen) atoms. The van der Waals surface area contributed by atoms with Gasteiger partial charge in [0.2, 0.25) is 0 Å². The second-order valence-electron chi connectivity index (χ2n) is 5.83. The quantitative estimate of drug-likeness (QED) is 0.700.